The van der Waals surface area contributed by atoms with Gasteiger partial charge in [0.15, 0.2) is 5.76 Å². The summed E-state index contributed by atoms with van der Waals surface area (Å²) in [5.74, 6) is 0.487. The number of aromatic amines is 1. The molecule has 0 aliphatic rings. The molecule has 0 unspecified atom stereocenters. The lowest BCUT2D eigenvalue weighted by atomic mass is 10.1. The van der Waals surface area contributed by atoms with Gasteiger partial charge in [0.25, 0.3) is 0 Å². The zero-order valence-electron chi connectivity index (χ0n) is 18.5. The maximum Gasteiger partial charge on any atom is 0.313 e. The molecule has 2 aromatic carbocycles. The van der Waals surface area contributed by atoms with E-state index in [1.165, 1.54) is 11.8 Å². The van der Waals surface area contributed by atoms with Gasteiger partial charge in [0.1, 0.15) is 11.5 Å². The van der Waals surface area contributed by atoms with E-state index in [1.54, 1.807) is 0 Å². The summed E-state index contributed by atoms with van der Waals surface area (Å²) in [5.41, 5.74) is 4.87. The topological polar surface area (TPSA) is 91.0 Å². The zero-order chi connectivity index (χ0) is 23.2. The molecule has 4 rings (SSSR count). The summed E-state index contributed by atoms with van der Waals surface area (Å²) in [4.78, 5) is 14.3. The Bertz CT molecular complexity index is 1320. The number of carbonyl (C=O) groups is 1. The fourth-order valence-electron chi connectivity index (χ4n) is 3.43. The highest BCUT2D eigenvalue weighted by molar-refractivity contribution is 8.14. The number of hydrogen-bond donors (Lipinski definition) is 2. The first kappa shape index (κ1) is 22.6. The van der Waals surface area contributed by atoms with E-state index in [1.807, 2.05) is 50.2 Å². The van der Waals surface area contributed by atoms with Crippen molar-refractivity contribution in [2.24, 2.45) is 10.2 Å². The van der Waals surface area contributed by atoms with E-state index in [0.29, 0.717) is 22.9 Å². The number of aromatic nitrogens is 1. The Balaban J connectivity index is 1.55. The molecule has 0 bridgehead atoms. The first-order chi connectivity index (χ1) is 16.0. The van der Waals surface area contributed by atoms with Gasteiger partial charge in [0.05, 0.1) is 10.8 Å². The molecule has 168 valence electrons. The number of aliphatic carboxylic acids is 1. The van der Waals surface area contributed by atoms with Crippen molar-refractivity contribution < 1.29 is 14.3 Å². The van der Waals surface area contributed by atoms with Gasteiger partial charge in [-0.2, -0.15) is 5.10 Å². The van der Waals surface area contributed by atoms with E-state index in [0.717, 1.165) is 39.9 Å². The molecule has 2 N–H and O–H groups in total. The predicted molar refractivity (Wildman–Crippen MR) is 136 cm³/mol. The summed E-state index contributed by atoms with van der Waals surface area (Å²) >= 11 is 1.20. The van der Waals surface area contributed by atoms with E-state index in [9.17, 15) is 4.79 Å². The van der Waals surface area contributed by atoms with Crippen molar-refractivity contribution in [3.63, 3.8) is 0 Å². The van der Waals surface area contributed by atoms with E-state index in [4.69, 9.17) is 9.52 Å². The average Bonchev–Trinajstić information content (AvgIpc) is 3.48. The maximum atomic E-state index is 10.8. The van der Waals surface area contributed by atoms with E-state index in [2.05, 4.69) is 45.5 Å². The van der Waals surface area contributed by atoms with Crippen LogP contribution in [0, 0.1) is 0 Å². The summed E-state index contributed by atoms with van der Waals surface area (Å²) in [6.45, 7) is 3.86. The number of thioether (sulfide) groups is 1. The van der Waals surface area contributed by atoms with E-state index < -0.39 is 5.97 Å². The molecule has 0 aliphatic carbocycles. The Kier molecular flexibility index (Phi) is 7.10. The maximum absolute atomic E-state index is 10.8. The van der Waals surface area contributed by atoms with Crippen molar-refractivity contribution in [1.82, 2.24) is 4.98 Å². The number of carboxylic acid groups (broad SMARTS) is 1. The van der Waals surface area contributed by atoms with Gasteiger partial charge >= 0.3 is 5.97 Å². The highest BCUT2D eigenvalue weighted by Crippen LogP contribution is 2.29. The van der Waals surface area contributed by atoms with Crippen LogP contribution >= 0.6 is 11.8 Å². The normalized spacial score (nSPS) is 12.4. The van der Waals surface area contributed by atoms with Gasteiger partial charge in [-0.05, 0) is 49.6 Å². The monoisotopic (exact) mass is 459 g/mol. The molecule has 0 aliphatic heterocycles. The molecule has 0 spiro atoms. The molecule has 0 fully saturated rings. The number of H-pyrrole nitrogens is 1. The molecule has 0 saturated heterocycles. The Labute approximate surface area is 196 Å². The Morgan fingerprint density at radius 1 is 1.03 bits per heavy atom. The van der Waals surface area contributed by atoms with Gasteiger partial charge < -0.3 is 14.5 Å². The number of hydrogen-bond acceptors (Lipinski definition) is 5. The minimum Gasteiger partial charge on any atom is -0.481 e. The minimum atomic E-state index is -0.866. The van der Waals surface area contributed by atoms with Crippen molar-refractivity contribution in [2.75, 3.05) is 5.75 Å². The molecule has 2 aromatic heterocycles. The highest BCUT2D eigenvalue weighted by atomic mass is 32.2. The molecule has 2 heterocycles. The molecule has 0 radical (unpaired) electrons. The Morgan fingerprint density at radius 3 is 2.61 bits per heavy atom. The zero-order valence-corrected chi connectivity index (χ0v) is 19.4. The largest absolute Gasteiger partial charge is 0.481 e. The number of benzene rings is 2. The van der Waals surface area contributed by atoms with Crippen molar-refractivity contribution in [1.29, 1.82) is 0 Å². The van der Waals surface area contributed by atoms with Crippen LogP contribution in [-0.2, 0) is 4.79 Å². The van der Waals surface area contributed by atoms with Crippen LogP contribution in [0.25, 0.3) is 33.5 Å². The molecule has 0 amide bonds. The lowest BCUT2D eigenvalue weighted by Gasteiger charge is -2.01. The number of fused-ring (bicyclic) bond motifs is 1. The van der Waals surface area contributed by atoms with Gasteiger partial charge in [-0.15, -0.1) is 5.10 Å². The highest BCUT2D eigenvalue weighted by Gasteiger charge is 2.10. The van der Waals surface area contributed by atoms with Gasteiger partial charge in [0, 0.05) is 22.2 Å². The molecule has 33 heavy (non-hydrogen) atoms. The molecule has 6 nitrogen and oxygen atoms in total. The summed E-state index contributed by atoms with van der Waals surface area (Å²) in [7, 11) is 0. The summed E-state index contributed by atoms with van der Waals surface area (Å²) in [6, 6.07) is 22.4. The third kappa shape index (κ3) is 5.62. The van der Waals surface area contributed by atoms with Crippen LogP contribution in [-0.4, -0.2) is 32.6 Å². The van der Waals surface area contributed by atoms with Crippen LogP contribution in [0.1, 0.15) is 32.4 Å². The first-order valence-corrected chi connectivity index (χ1v) is 11.8. The van der Waals surface area contributed by atoms with Crippen LogP contribution in [0.15, 0.2) is 81.4 Å². The number of nitrogens with one attached hydrogen (secondary N) is 1. The number of nitrogens with zero attached hydrogens (tertiary/aromatic N) is 2. The molecular formula is C26H25N3O3S. The minimum absolute atomic E-state index is 0.0223. The number of carboxylic acids is 1. The van der Waals surface area contributed by atoms with Crippen molar-refractivity contribution in [3.05, 3.63) is 72.5 Å². The van der Waals surface area contributed by atoms with Gasteiger partial charge in [-0.1, -0.05) is 61.2 Å². The van der Waals surface area contributed by atoms with Gasteiger partial charge in [0.2, 0.25) is 0 Å². The van der Waals surface area contributed by atoms with Crippen molar-refractivity contribution in [3.8, 4) is 22.6 Å². The van der Waals surface area contributed by atoms with Crippen LogP contribution in [0.5, 0.6) is 0 Å². The fourth-order valence-corrected chi connectivity index (χ4v) is 4.17. The third-order valence-corrected chi connectivity index (χ3v) is 6.10. The van der Waals surface area contributed by atoms with Crippen molar-refractivity contribution in [2.45, 2.75) is 26.7 Å². The number of rotatable bonds is 8. The SMILES string of the molecule is CCCC(=NN=C(C)c1ccc(-c2ccc3cc(-c4ccccc4)[nH]c3c2)o1)SCC(=O)O. The van der Waals surface area contributed by atoms with Crippen LogP contribution < -0.4 is 0 Å². The second-order valence-corrected chi connectivity index (χ2v) is 8.68. The van der Waals surface area contributed by atoms with Crippen LogP contribution in [0.2, 0.25) is 0 Å². The standard InChI is InChI=1S/C26H25N3O3S/c1-3-7-25(33-16-26(30)31)29-28-17(2)23-12-13-24(32-23)20-11-10-19-14-21(27-22(19)15-20)18-8-5-4-6-9-18/h4-6,8-15,27H,3,7,16H2,1-2H3,(H,30,31). The van der Waals surface area contributed by atoms with Crippen LogP contribution in [0.4, 0.5) is 0 Å². The van der Waals surface area contributed by atoms with Crippen LogP contribution in [0.3, 0.4) is 0 Å². The third-order valence-electron chi connectivity index (χ3n) is 5.09. The number of furan rings is 1. The lowest BCUT2D eigenvalue weighted by Crippen LogP contribution is -2.02. The molecule has 7 heteroatoms. The molecule has 0 atom stereocenters. The quantitative estimate of drug-likeness (QED) is 0.171. The summed E-state index contributed by atoms with van der Waals surface area (Å²) in [6.07, 6.45) is 1.57. The Hall–Kier alpha value is -3.58. The first-order valence-electron chi connectivity index (χ1n) is 10.8. The summed E-state index contributed by atoms with van der Waals surface area (Å²) in [5, 5.41) is 19.3. The van der Waals surface area contributed by atoms with Gasteiger partial charge in [-0.25, -0.2) is 0 Å². The molecular weight excluding hydrogens is 434 g/mol. The second kappa shape index (κ2) is 10.4. The average molecular weight is 460 g/mol. The fraction of sp³-hybridized carbons (Fsp3) is 0.192. The Morgan fingerprint density at radius 2 is 1.85 bits per heavy atom. The van der Waals surface area contributed by atoms with Gasteiger partial charge in [-0.3, -0.25) is 4.79 Å². The van der Waals surface area contributed by atoms with E-state index >= 15 is 0 Å². The molecule has 0 saturated carbocycles. The van der Waals surface area contributed by atoms with Crippen molar-refractivity contribution >= 4 is 39.4 Å². The predicted octanol–water partition coefficient (Wildman–Crippen LogP) is 6.84. The smallest absolute Gasteiger partial charge is 0.313 e. The molecule has 4 aromatic rings. The lowest BCUT2D eigenvalue weighted by molar-refractivity contribution is -0.133. The second-order valence-electron chi connectivity index (χ2n) is 7.63. The van der Waals surface area contributed by atoms with E-state index in [-0.39, 0.29) is 5.75 Å². The summed E-state index contributed by atoms with van der Waals surface area (Å²) < 4.78 is 6.05.